The van der Waals surface area contributed by atoms with Crippen LogP contribution in [-0.4, -0.2) is 11.9 Å². The Balaban J connectivity index is 2.32. The summed E-state index contributed by atoms with van der Waals surface area (Å²) in [6.45, 7) is 0. The van der Waals surface area contributed by atoms with Crippen LogP contribution in [0.4, 0.5) is 4.39 Å². The summed E-state index contributed by atoms with van der Waals surface area (Å²) >= 11 is 3.28. The monoisotopic (exact) mass is 286 g/mol. The molecule has 1 saturated heterocycles. The van der Waals surface area contributed by atoms with E-state index in [2.05, 4.69) is 20.7 Å². The van der Waals surface area contributed by atoms with Crippen LogP contribution in [0.15, 0.2) is 22.7 Å². The molecule has 1 fully saturated rings. The topological polar surface area (TPSA) is 43.4 Å². The van der Waals surface area contributed by atoms with E-state index < -0.39 is 11.9 Å². The highest BCUT2D eigenvalue weighted by atomic mass is 79.9. The third-order valence-corrected chi connectivity index (χ3v) is 3.17. The van der Waals surface area contributed by atoms with Gasteiger partial charge in [0.05, 0.1) is 12.8 Å². The minimum atomic E-state index is -0.558. The Morgan fingerprint density at radius 2 is 1.88 bits per heavy atom. The highest BCUT2D eigenvalue weighted by Crippen LogP contribution is 2.33. The molecule has 1 aromatic rings. The third kappa shape index (κ3) is 2.29. The average molecular weight is 287 g/mol. The van der Waals surface area contributed by atoms with Crippen molar-refractivity contribution in [2.45, 2.75) is 18.8 Å². The van der Waals surface area contributed by atoms with Gasteiger partial charge in [0.1, 0.15) is 5.82 Å². The molecule has 3 nitrogen and oxygen atoms in total. The lowest BCUT2D eigenvalue weighted by Gasteiger charge is -2.21. The summed E-state index contributed by atoms with van der Waals surface area (Å²) in [4.78, 5) is 22.2. The van der Waals surface area contributed by atoms with E-state index in [-0.39, 0.29) is 24.6 Å². The van der Waals surface area contributed by atoms with E-state index in [1.165, 1.54) is 12.1 Å². The van der Waals surface area contributed by atoms with Crippen LogP contribution in [0.5, 0.6) is 0 Å². The van der Waals surface area contributed by atoms with Gasteiger partial charge < -0.3 is 4.74 Å². The van der Waals surface area contributed by atoms with Gasteiger partial charge in [-0.15, -0.1) is 0 Å². The van der Waals surface area contributed by atoms with Crippen molar-refractivity contribution >= 4 is 27.9 Å². The van der Waals surface area contributed by atoms with Crippen molar-refractivity contribution in [3.63, 3.8) is 0 Å². The van der Waals surface area contributed by atoms with Gasteiger partial charge in [-0.25, -0.2) is 4.39 Å². The number of benzene rings is 1. The lowest BCUT2D eigenvalue weighted by atomic mass is 9.91. The van der Waals surface area contributed by atoms with Crippen LogP contribution in [0.1, 0.15) is 24.3 Å². The second-order valence-corrected chi connectivity index (χ2v) is 4.47. The molecule has 0 radical (unpaired) electrons. The van der Waals surface area contributed by atoms with E-state index in [9.17, 15) is 14.0 Å². The quantitative estimate of drug-likeness (QED) is 0.589. The average Bonchev–Trinajstić information content (AvgIpc) is 2.20. The molecule has 84 valence electrons. The summed E-state index contributed by atoms with van der Waals surface area (Å²) < 4.78 is 18.2. The molecule has 1 aliphatic rings. The maximum Gasteiger partial charge on any atom is 0.314 e. The number of hydrogen-bond donors (Lipinski definition) is 0. The molecular weight excluding hydrogens is 279 g/mol. The van der Waals surface area contributed by atoms with E-state index in [0.29, 0.717) is 10.0 Å². The standard InChI is InChI=1S/C11H8BrFO3/c12-9-2-1-7(13)5-8(9)6-3-10(14)16-11(15)4-6/h1-2,5-6H,3-4H2. The van der Waals surface area contributed by atoms with Crippen LogP contribution in [0.3, 0.4) is 0 Å². The summed E-state index contributed by atoms with van der Waals surface area (Å²) in [5, 5.41) is 0. The highest BCUT2D eigenvalue weighted by molar-refractivity contribution is 9.10. The van der Waals surface area contributed by atoms with Crippen molar-refractivity contribution in [1.82, 2.24) is 0 Å². The maximum atomic E-state index is 13.1. The Kier molecular flexibility index (Phi) is 3.05. The smallest absolute Gasteiger partial charge is 0.314 e. The van der Waals surface area contributed by atoms with Crippen LogP contribution in [0.25, 0.3) is 0 Å². The van der Waals surface area contributed by atoms with Gasteiger partial charge in [0.15, 0.2) is 0 Å². The lowest BCUT2D eigenvalue weighted by molar-refractivity contribution is -0.163. The fraction of sp³-hybridized carbons (Fsp3) is 0.273. The molecule has 0 bridgehead atoms. The fourth-order valence-electron chi connectivity index (χ4n) is 1.73. The van der Waals surface area contributed by atoms with E-state index in [1.54, 1.807) is 6.07 Å². The van der Waals surface area contributed by atoms with Crippen LogP contribution >= 0.6 is 15.9 Å². The molecule has 0 unspecified atom stereocenters. The highest BCUT2D eigenvalue weighted by Gasteiger charge is 2.29. The van der Waals surface area contributed by atoms with Gasteiger partial charge in [-0.2, -0.15) is 0 Å². The molecule has 0 N–H and O–H groups in total. The molecule has 0 atom stereocenters. The molecule has 0 spiro atoms. The van der Waals surface area contributed by atoms with Crippen LogP contribution in [-0.2, 0) is 14.3 Å². The summed E-state index contributed by atoms with van der Waals surface area (Å²) in [5.74, 6) is -1.81. The third-order valence-electron chi connectivity index (χ3n) is 2.45. The Bertz CT molecular complexity index is 443. The van der Waals surface area contributed by atoms with Crippen molar-refractivity contribution in [3.8, 4) is 0 Å². The van der Waals surface area contributed by atoms with E-state index in [4.69, 9.17) is 0 Å². The Morgan fingerprint density at radius 3 is 2.50 bits per heavy atom. The number of cyclic esters (lactones) is 2. The zero-order valence-corrected chi connectivity index (χ0v) is 9.79. The zero-order valence-electron chi connectivity index (χ0n) is 8.20. The molecule has 1 aromatic carbocycles. The first kappa shape index (κ1) is 11.3. The number of carbonyl (C=O) groups is 2. The molecule has 0 saturated carbocycles. The Morgan fingerprint density at radius 1 is 1.25 bits per heavy atom. The van der Waals surface area contributed by atoms with Gasteiger partial charge in [-0.3, -0.25) is 9.59 Å². The number of esters is 2. The van der Waals surface area contributed by atoms with Crippen LogP contribution in [0, 0.1) is 5.82 Å². The first-order valence-electron chi connectivity index (χ1n) is 4.74. The van der Waals surface area contributed by atoms with Gasteiger partial charge in [-0.1, -0.05) is 15.9 Å². The van der Waals surface area contributed by atoms with E-state index in [0.717, 1.165) is 0 Å². The molecule has 2 rings (SSSR count). The molecule has 0 amide bonds. The Labute approximate surface area is 99.7 Å². The van der Waals surface area contributed by atoms with Crippen molar-refractivity contribution in [2.75, 3.05) is 0 Å². The zero-order chi connectivity index (χ0) is 11.7. The first-order chi connectivity index (χ1) is 7.56. The number of carbonyl (C=O) groups excluding carboxylic acids is 2. The van der Waals surface area contributed by atoms with Gasteiger partial charge in [0.25, 0.3) is 0 Å². The minimum absolute atomic E-state index is 0.105. The van der Waals surface area contributed by atoms with Crippen molar-refractivity contribution in [2.24, 2.45) is 0 Å². The predicted molar refractivity (Wildman–Crippen MR) is 57.2 cm³/mol. The molecule has 0 aliphatic carbocycles. The number of hydrogen-bond acceptors (Lipinski definition) is 3. The molecule has 1 heterocycles. The summed E-state index contributed by atoms with van der Waals surface area (Å²) in [7, 11) is 0. The molecule has 5 heteroatoms. The van der Waals surface area contributed by atoms with Gasteiger partial charge in [-0.05, 0) is 23.8 Å². The molecular formula is C11H8BrFO3. The van der Waals surface area contributed by atoms with Gasteiger partial charge in [0.2, 0.25) is 0 Å². The Hall–Kier alpha value is -1.23. The van der Waals surface area contributed by atoms with E-state index >= 15 is 0 Å². The normalized spacial score (nSPS) is 17.4. The summed E-state index contributed by atoms with van der Waals surface area (Å²) in [6.07, 6.45) is 0.210. The lowest BCUT2D eigenvalue weighted by Crippen LogP contribution is -2.24. The maximum absolute atomic E-state index is 13.1. The van der Waals surface area contributed by atoms with Crippen LogP contribution < -0.4 is 0 Å². The largest absolute Gasteiger partial charge is 0.393 e. The second-order valence-electron chi connectivity index (χ2n) is 3.62. The number of halogens is 2. The first-order valence-corrected chi connectivity index (χ1v) is 5.54. The fourth-order valence-corrected chi connectivity index (χ4v) is 2.30. The predicted octanol–water partition coefficient (Wildman–Crippen LogP) is 2.54. The van der Waals surface area contributed by atoms with Crippen molar-refractivity contribution in [3.05, 3.63) is 34.1 Å². The summed E-state index contributed by atoms with van der Waals surface area (Å²) in [5.41, 5.74) is 0.630. The number of ether oxygens (including phenoxy) is 1. The molecule has 1 aliphatic heterocycles. The minimum Gasteiger partial charge on any atom is -0.393 e. The second kappa shape index (κ2) is 4.33. The van der Waals surface area contributed by atoms with Crippen molar-refractivity contribution < 1.29 is 18.7 Å². The van der Waals surface area contributed by atoms with E-state index in [1.807, 2.05) is 0 Å². The van der Waals surface area contributed by atoms with Crippen LogP contribution in [0.2, 0.25) is 0 Å². The summed E-state index contributed by atoms with van der Waals surface area (Å²) in [6, 6.07) is 4.21. The molecule has 16 heavy (non-hydrogen) atoms. The number of rotatable bonds is 1. The van der Waals surface area contributed by atoms with Gasteiger partial charge in [0, 0.05) is 10.4 Å². The SMILES string of the molecule is O=C1CC(c2cc(F)ccc2Br)CC(=O)O1. The van der Waals surface area contributed by atoms with Crippen molar-refractivity contribution in [1.29, 1.82) is 0 Å². The van der Waals surface area contributed by atoms with Gasteiger partial charge >= 0.3 is 11.9 Å². The molecule has 0 aromatic heterocycles.